The van der Waals surface area contributed by atoms with Crippen molar-refractivity contribution in [1.29, 1.82) is 0 Å². The number of unbranched alkanes of at least 4 members (excludes halogenated alkanes) is 21. The Morgan fingerprint density at radius 3 is 1.03 bits per heavy atom. The second-order valence-corrected chi connectivity index (χ2v) is 114. The van der Waals surface area contributed by atoms with Crippen molar-refractivity contribution in [3.63, 3.8) is 0 Å². The quantitative estimate of drug-likeness (QED) is 0.0674. The van der Waals surface area contributed by atoms with E-state index in [4.69, 9.17) is 4.12 Å². The van der Waals surface area contributed by atoms with Crippen LogP contribution >= 0.6 is 0 Å². The third-order valence-corrected chi connectivity index (χ3v) is 157. The van der Waals surface area contributed by atoms with Crippen LogP contribution in [-0.2, 0) is 80.3 Å². The Kier molecular flexibility index (Phi) is 41.6. The smallest absolute Gasteiger partial charge is 0.381 e. The number of amides is 1. The molecule has 0 aromatic heterocycles. The lowest BCUT2D eigenvalue weighted by Gasteiger charge is -2.22. The van der Waals surface area contributed by atoms with Crippen LogP contribution in [0.15, 0.2) is 0 Å². The fourth-order valence-corrected chi connectivity index (χ4v) is 217. The number of carbonyl (C=O) groups is 1. The van der Waals surface area contributed by atoms with E-state index in [1.807, 2.05) is 13.1 Å². The molecule has 0 fully saturated rings. The highest BCUT2D eigenvalue weighted by atomic mass is 30.1. The molecule has 0 aromatic carbocycles. The van der Waals surface area contributed by atoms with Crippen LogP contribution in [-0.4, -0.2) is 161 Å². The summed E-state index contributed by atoms with van der Waals surface area (Å²) in [6.07, 6.45) is 26.1. The Morgan fingerprint density at radius 1 is 0.370 bits per heavy atom. The van der Waals surface area contributed by atoms with Crippen molar-refractivity contribution in [1.82, 2.24) is 5.32 Å². The van der Waals surface area contributed by atoms with Crippen molar-refractivity contribution in [2.45, 2.75) is 213 Å². The van der Waals surface area contributed by atoms with Crippen molar-refractivity contribution in [2.75, 3.05) is 6.54 Å². The van der Waals surface area contributed by atoms with Gasteiger partial charge in [0.05, 0.1) is 0 Å². The lowest BCUT2D eigenvalue weighted by molar-refractivity contribution is -0.121. The van der Waals surface area contributed by atoms with Gasteiger partial charge in [0.25, 0.3) is 0 Å². The minimum atomic E-state index is -4.30. The fourth-order valence-electron chi connectivity index (χ4n) is 7.46. The Labute approximate surface area is 455 Å². The standard InChI is InChI=1S/C35H77NO18Si19/c1-7-9-11-13-15-16-18-22-26-30-34-73(5,6)71(53)70(52)69(51)68(50)67(49)66(48)65(47)64(46)63(45)62(44)61(43)60(42)59(41)58(40)57(39)56(38)55-54-72(3,4)33-29-25-21-19-17-20-23-27-31-35(37)36-32-28-24-14-12-10-8-2/h7-34,55H2,1-6H3,(H,36,37). The topological polar surface area (TPSA) is 311 Å². The zero-order valence-corrected chi connectivity index (χ0v) is 63.3. The first-order chi connectivity index (χ1) is 34.3. The number of hydrogen-bond donors (Lipinski definition) is 1. The molecule has 0 saturated carbocycles. The number of rotatable bonds is 48. The third-order valence-electron chi connectivity index (χ3n) is 12.3. The van der Waals surface area contributed by atoms with Gasteiger partial charge >= 0.3 is 123 Å². The highest BCUT2D eigenvalue weighted by molar-refractivity contribution is 7.82. The lowest BCUT2D eigenvalue weighted by atomic mass is 10.1. The highest BCUT2D eigenvalue weighted by Crippen LogP contribution is 2.19. The molecule has 0 heterocycles. The zero-order chi connectivity index (χ0) is 55.7. The Hall–Kier alpha value is 0.351. The second kappa shape index (κ2) is 41.4. The number of carbonyl (C=O) groups excluding carboxylic acids is 1. The summed E-state index contributed by atoms with van der Waals surface area (Å²) in [5.74, 6) is 0.112. The molecule has 0 unspecified atom stereocenters. The van der Waals surface area contributed by atoms with Crippen LogP contribution in [0.2, 0.25) is 38.3 Å². The highest BCUT2D eigenvalue weighted by Gasteiger charge is 2.55. The van der Waals surface area contributed by atoms with Gasteiger partial charge in [-0.25, -0.2) is 0 Å². The summed E-state index contributed by atoms with van der Waals surface area (Å²) < 4.78 is 214. The molecule has 406 valence electrons. The summed E-state index contributed by atoms with van der Waals surface area (Å²) in [4.78, 5) is 12.0. The van der Waals surface area contributed by atoms with Crippen LogP contribution < -0.4 is 5.32 Å². The van der Waals surface area contributed by atoms with E-state index < -0.39 is 149 Å². The molecule has 73 heavy (non-hydrogen) atoms. The summed E-state index contributed by atoms with van der Waals surface area (Å²) in [6, 6.07) is 1.21. The predicted octanol–water partition coefficient (Wildman–Crippen LogP) is 3.41. The maximum Gasteiger partial charge on any atom is 0.381 e. The molecule has 0 aromatic rings. The minimum Gasteiger partial charge on any atom is -0.457 e. The molecule has 0 saturated heterocycles. The second-order valence-electron chi connectivity index (χ2n) is 19.7. The molecule has 0 bridgehead atoms. The molecule has 0 spiro atoms. The van der Waals surface area contributed by atoms with Gasteiger partial charge in [-0.1, -0.05) is 174 Å². The van der Waals surface area contributed by atoms with Gasteiger partial charge in [0.1, 0.15) is 7.59 Å². The summed E-state index contributed by atoms with van der Waals surface area (Å²) >= 11 is 0. The van der Waals surface area contributed by atoms with Crippen LogP contribution in [0.4, 0.5) is 0 Å². The molecule has 0 aliphatic carbocycles. The summed E-state index contributed by atoms with van der Waals surface area (Å²) in [5, 5.41) is 3.00. The van der Waals surface area contributed by atoms with E-state index in [2.05, 4.69) is 19.2 Å². The molecule has 0 radical (unpaired) electrons. The third kappa shape index (κ3) is 30.5. The maximum atomic E-state index is 13.3. The van der Waals surface area contributed by atoms with E-state index in [0.717, 1.165) is 103 Å². The average molecular weight is 1330 g/mol. The van der Waals surface area contributed by atoms with Gasteiger partial charge in [-0.15, -0.1) is 0 Å². The van der Waals surface area contributed by atoms with E-state index >= 15 is 0 Å². The van der Waals surface area contributed by atoms with E-state index in [1.165, 1.54) is 51.4 Å². The van der Waals surface area contributed by atoms with Gasteiger partial charge in [0, 0.05) is 13.0 Å². The first kappa shape index (κ1) is 73.4. The van der Waals surface area contributed by atoms with Crippen LogP contribution in [0.1, 0.15) is 174 Å². The largest absolute Gasteiger partial charge is 0.457 e. The van der Waals surface area contributed by atoms with Crippen molar-refractivity contribution in [2.24, 2.45) is 0 Å². The average Bonchev–Trinajstić information content (AvgIpc) is 3.37. The predicted molar refractivity (Wildman–Crippen MR) is 297 cm³/mol. The van der Waals surface area contributed by atoms with Gasteiger partial charge < -0.3 is 80.8 Å². The first-order valence-corrected chi connectivity index (χ1v) is 73.7. The lowest BCUT2D eigenvalue weighted by Crippen LogP contribution is -2.57. The Balaban J connectivity index is 4.89. The van der Waals surface area contributed by atoms with E-state index in [-0.39, 0.29) is 5.91 Å². The van der Waals surface area contributed by atoms with Crippen LogP contribution in [0, 0.1) is 0 Å². The van der Waals surface area contributed by atoms with Crippen molar-refractivity contribution < 1.29 is 80.3 Å². The first-order valence-electron chi connectivity index (χ1n) is 25.9. The van der Waals surface area contributed by atoms with E-state index in [9.17, 15) is 76.2 Å². The molecule has 0 rings (SSSR count). The van der Waals surface area contributed by atoms with E-state index in [0.29, 0.717) is 24.9 Å². The normalized spacial score (nSPS) is 11.4. The molecule has 1 N–H and O–H groups in total. The van der Waals surface area contributed by atoms with Crippen LogP contribution in [0.3, 0.4) is 0 Å². The summed E-state index contributed by atoms with van der Waals surface area (Å²) in [6.45, 7) is 12.3. The molecule has 1 amide bonds. The van der Waals surface area contributed by atoms with Crippen molar-refractivity contribution in [3.8, 4) is 0 Å². The molecule has 19 nitrogen and oxygen atoms in total. The van der Waals surface area contributed by atoms with E-state index in [1.54, 1.807) is 13.1 Å². The van der Waals surface area contributed by atoms with Gasteiger partial charge in [-0.2, -0.15) is 0 Å². The minimum absolute atomic E-state index is 0.112. The molecule has 0 aliphatic heterocycles. The SMILES string of the molecule is CCCCCCCCCCCC[Si](C)(C)[Si](=O)[Si](=O)[Si](=O)[Si](=O)[Si](=O)[Si](=O)[Si](=O)[Si](=O)[Si](=O)[Si](=O)[Si](=O)[Si](=O)[Si](=O)[Si](=O)[Si](=O)[Si](=O)[SiH2]O[Si](C)(C)CCCCCCCCCCC(=O)NCCCCCCCC. The Bertz CT molecular complexity index is 2120. The monoisotopic (exact) mass is 1330 g/mol. The van der Waals surface area contributed by atoms with Crippen LogP contribution in [0.25, 0.3) is 0 Å². The summed E-state index contributed by atoms with van der Waals surface area (Å²) in [7, 11) is -70.5. The van der Waals surface area contributed by atoms with Gasteiger partial charge in [0.15, 0.2) is 8.32 Å². The zero-order valence-electron chi connectivity index (χ0n) is 43.9. The number of hydrogen-bond acceptors (Lipinski definition) is 18. The maximum absolute atomic E-state index is 13.3. The molecular formula is C35H77NO18Si19. The molecule has 38 heteroatoms. The molecule has 0 aliphatic rings. The fraction of sp³-hybridized carbons (Fsp3) is 0.971. The Morgan fingerprint density at radius 2 is 0.658 bits per heavy atom. The van der Waals surface area contributed by atoms with Gasteiger partial charge in [0.2, 0.25) is 15.2 Å². The number of nitrogens with one attached hydrogen (secondary N) is 1. The van der Waals surface area contributed by atoms with Crippen LogP contribution in [0.5, 0.6) is 0 Å². The van der Waals surface area contributed by atoms with Crippen molar-refractivity contribution in [3.05, 3.63) is 0 Å². The van der Waals surface area contributed by atoms with Gasteiger partial charge in [-0.3, -0.25) is 4.79 Å². The van der Waals surface area contributed by atoms with Crippen molar-refractivity contribution >= 4 is 155 Å². The van der Waals surface area contributed by atoms with Gasteiger partial charge in [-0.05, 0) is 32.0 Å². The summed E-state index contributed by atoms with van der Waals surface area (Å²) in [5.41, 5.74) is 0. The molecule has 0 atom stereocenters. The molecular weight excluding hydrogens is 1260 g/mol.